The lowest BCUT2D eigenvalue weighted by Crippen LogP contribution is -2.42. The van der Waals surface area contributed by atoms with Crippen LogP contribution in [0.4, 0.5) is 0 Å². The molecule has 4 aliphatic rings. The Morgan fingerprint density at radius 2 is 1.54 bits per heavy atom. The van der Waals surface area contributed by atoms with Gasteiger partial charge in [0, 0.05) is 24.4 Å². The van der Waals surface area contributed by atoms with Crippen LogP contribution < -0.4 is 10.6 Å². The van der Waals surface area contributed by atoms with Crippen LogP contribution in [-0.2, 0) is 19.1 Å². The van der Waals surface area contributed by atoms with E-state index in [1.54, 1.807) is 0 Å². The van der Waals surface area contributed by atoms with Crippen molar-refractivity contribution in [2.45, 2.75) is 95.2 Å². The van der Waals surface area contributed by atoms with E-state index >= 15 is 0 Å². The lowest BCUT2D eigenvalue weighted by atomic mass is 9.82. The number of ether oxygens (including phenoxy) is 2. The monoisotopic (exact) mass is 364 g/mol. The molecular weight excluding hydrogens is 332 g/mol. The molecular formula is C20H32N2O4. The zero-order valence-electron chi connectivity index (χ0n) is 16.2. The summed E-state index contributed by atoms with van der Waals surface area (Å²) in [6.45, 7) is 6.89. The molecule has 2 N–H and O–H groups in total. The molecule has 0 spiro atoms. The normalized spacial score (nSPS) is 44.3. The summed E-state index contributed by atoms with van der Waals surface area (Å²) in [6, 6.07) is 0.0673. The third-order valence-electron chi connectivity index (χ3n) is 7.05. The highest BCUT2D eigenvalue weighted by Crippen LogP contribution is 2.50. The fraction of sp³-hybridized carbons (Fsp3) is 0.900. The maximum Gasteiger partial charge on any atom is 0.223 e. The predicted octanol–water partition coefficient (Wildman–Crippen LogP) is 1.91. The predicted molar refractivity (Wildman–Crippen MR) is 96.5 cm³/mol. The summed E-state index contributed by atoms with van der Waals surface area (Å²) in [7, 11) is 0. The maximum absolute atomic E-state index is 12.4. The summed E-state index contributed by atoms with van der Waals surface area (Å²) in [5.74, 6) is 0.427. The van der Waals surface area contributed by atoms with Gasteiger partial charge >= 0.3 is 0 Å². The molecule has 4 fully saturated rings. The Balaban J connectivity index is 1.12. The minimum Gasteiger partial charge on any atom is -0.366 e. The average Bonchev–Trinajstić information content (AvgIpc) is 3.45. The Morgan fingerprint density at radius 1 is 1.00 bits per heavy atom. The number of epoxide rings is 2. The number of fused-ring (bicyclic) bond motifs is 2. The van der Waals surface area contributed by atoms with Crippen molar-refractivity contribution < 1.29 is 19.1 Å². The van der Waals surface area contributed by atoms with E-state index in [1.807, 2.05) is 6.92 Å². The molecule has 2 heterocycles. The highest BCUT2D eigenvalue weighted by atomic mass is 16.6. The smallest absolute Gasteiger partial charge is 0.223 e. The van der Waals surface area contributed by atoms with Crippen LogP contribution in [-0.4, -0.2) is 47.8 Å². The van der Waals surface area contributed by atoms with Gasteiger partial charge in [-0.05, 0) is 65.7 Å². The molecule has 2 amide bonds. The second kappa shape index (κ2) is 6.48. The summed E-state index contributed by atoms with van der Waals surface area (Å²) < 4.78 is 11.3. The molecule has 0 aromatic heterocycles. The SMILES string of the molecule is CC(CCNC(=O)C1CCC2(C)OC2C1)NC(=O)C1CCC2(C)OC2C1. The molecule has 0 radical (unpaired) electrons. The Labute approximate surface area is 155 Å². The first-order valence-electron chi connectivity index (χ1n) is 10.2. The average molecular weight is 364 g/mol. The Hall–Kier alpha value is -1.14. The summed E-state index contributed by atoms with van der Waals surface area (Å²) in [4.78, 5) is 24.7. The van der Waals surface area contributed by atoms with Gasteiger partial charge in [0.05, 0.1) is 23.4 Å². The molecule has 0 aromatic carbocycles. The quantitative estimate of drug-likeness (QED) is 0.705. The summed E-state index contributed by atoms with van der Waals surface area (Å²) in [5, 5.41) is 6.15. The van der Waals surface area contributed by atoms with Gasteiger partial charge in [0.15, 0.2) is 0 Å². The minimum atomic E-state index is 0.0503. The third-order valence-corrected chi connectivity index (χ3v) is 7.05. The van der Waals surface area contributed by atoms with E-state index in [0.29, 0.717) is 6.54 Å². The third kappa shape index (κ3) is 3.63. The minimum absolute atomic E-state index is 0.0503. The van der Waals surface area contributed by atoms with Gasteiger partial charge in [-0.3, -0.25) is 9.59 Å². The van der Waals surface area contributed by atoms with Crippen molar-refractivity contribution in [3.05, 3.63) is 0 Å². The summed E-state index contributed by atoms with van der Waals surface area (Å²) >= 11 is 0. The van der Waals surface area contributed by atoms with Gasteiger partial charge in [0.25, 0.3) is 0 Å². The van der Waals surface area contributed by atoms with Crippen LogP contribution in [0, 0.1) is 11.8 Å². The van der Waals surface area contributed by atoms with E-state index in [9.17, 15) is 9.59 Å². The van der Waals surface area contributed by atoms with Crippen molar-refractivity contribution in [1.29, 1.82) is 0 Å². The van der Waals surface area contributed by atoms with E-state index < -0.39 is 0 Å². The standard InChI is InChI=1S/C20H32N2O4/c1-12(22-18(24)14-5-8-20(3)16(11-14)26-20)6-9-21-17(23)13-4-7-19(2)15(10-13)25-19/h12-16H,4-11H2,1-3H3,(H,21,23)(H,22,24). The summed E-state index contributed by atoms with van der Waals surface area (Å²) in [5.41, 5.74) is 0.104. The molecule has 2 aliphatic heterocycles. The molecule has 7 unspecified atom stereocenters. The number of carbonyl (C=O) groups is 2. The first kappa shape index (κ1) is 18.2. The van der Waals surface area contributed by atoms with Gasteiger partial charge in [-0.2, -0.15) is 0 Å². The Morgan fingerprint density at radius 3 is 2.08 bits per heavy atom. The lowest BCUT2D eigenvalue weighted by molar-refractivity contribution is -0.126. The van der Waals surface area contributed by atoms with Crippen molar-refractivity contribution in [1.82, 2.24) is 10.6 Å². The molecule has 7 atom stereocenters. The van der Waals surface area contributed by atoms with Gasteiger partial charge in [-0.1, -0.05) is 0 Å². The summed E-state index contributed by atoms with van der Waals surface area (Å²) in [6.07, 6.45) is 6.77. The molecule has 2 aliphatic carbocycles. The lowest BCUT2D eigenvalue weighted by Gasteiger charge is -2.24. The van der Waals surface area contributed by atoms with Crippen molar-refractivity contribution in [2.24, 2.45) is 11.8 Å². The molecule has 2 saturated heterocycles. The number of rotatable bonds is 6. The van der Waals surface area contributed by atoms with Crippen molar-refractivity contribution in [2.75, 3.05) is 6.54 Å². The Bertz CT molecular complexity index is 596. The van der Waals surface area contributed by atoms with Crippen LogP contribution in [0.5, 0.6) is 0 Å². The van der Waals surface area contributed by atoms with Crippen LogP contribution in [0.15, 0.2) is 0 Å². The molecule has 0 bridgehead atoms. The van der Waals surface area contributed by atoms with E-state index in [4.69, 9.17) is 9.47 Å². The fourth-order valence-corrected chi connectivity index (χ4v) is 4.76. The number of carbonyl (C=O) groups excluding carboxylic acids is 2. The van der Waals surface area contributed by atoms with E-state index in [-0.39, 0.29) is 53.1 Å². The van der Waals surface area contributed by atoms with Gasteiger partial charge in [-0.25, -0.2) is 0 Å². The second-order valence-electron chi connectivity index (χ2n) is 9.27. The number of amides is 2. The zero-order chi connectivity index (χ0) is 18.5. The first-order chi connectivity index (χ1) is 12.3. The van der Waals surface area contributed by atoms with E-state index in [1.165, 1.54) is 0 Å². The van der Waals surface area contributed by atoms with Crippen molar-refractivity contribution in [3.8, 4) is 0 Å². The topological polar surface area (TPSA) is 83.3 Å². The zero-order valence-corrected chi connectivity index (χ0v) is 16.2. The number of hydrogen-bond acceptors (Lipinski definition) is 4. The van der Waals surface area contributed by atoms with Crippen molar-refractivity contribution in [3.63, 3.8) is 0 Å². The Kier molecular flexibility index (Phi) is 4.55. The van der Waals surface area contributed by atoms with Crippen LogP contribution in [0.3, 0.4) is 0 Å². The second-order valence-corrected chi connectivity index (χ2v) is 9.27. The molecule has 146 valence electrons. The van der Waals surface area contributed by atoms with Crippen LogP contribution in [0.1, 0.15) is 65.7 Å². The van der Waals surface area contributed by atoms with E-state index in [0.717, 1.165) is 44.9 Å². The van der Waals surface area contributed by atoms with Crippen molar-refractivity contribution >= 4 is 11.8 Å². The fourth-order valence-electron chi connectivity index (χ4n) is 4.76. The molecule has 2 saturated carbocycles. The van der Waals surface area contributed by atoms with E-state index in [2.05, 4.69) is 24.5 Å². The van der Waals surface area contributed by atoms with Gasteiger partial charge in [0.1, 0.15) is 0 Å². The molecule has 26 heavy (non-hydrogen) atoms. The van der Waals surface area contributed by atoms with Gasteiger partial charge in [-0.15, -0.1) is 0 Å². The van der Waals surface area contributed by atoms with Gasteiger partial charge < -0.3 is 20.1 Å². The molecule has 0 aromatic rings. The highest BCUT2D eigenvalue weighted by molar-refractivity contribution is 5.79. The van der Waals surface area contributed by atoms with Crippen LogP contribution in [0.2, 0.25) is 0 Å². The number of hydrogen-bond donors (Lipinski definition) is 2. The maximum atomic E-state index is 12.4. The molecule has 6 heteroatoms. The van der Waals surface area contributed by atoms with Crippen LogP contribution in [0.25, 0.3) is 0 Å². The van der Waals surface area contributed by atoms with Gasteiger partial charge in [0.2, 0.25) is 11.8 Å². The first-order valence-corrected chi connectivity index (χ1v) is 10.2. The highest BCUT2D eigenvalue weighted by Gasteiger charge is 2.57. The largest absolute Gasteiger partial charge is 0.366 e. The number of nitrogens with one attached hydrogen (secondary N) is 2. The molecule has 4 rings (SSSR count). The molecule has 6 nitrogen and oxygen atoms in total. The van der Waals surface area contributed by atoms with Crippen LogP contribution >= 0.6 is 0 Å².